The molecule has 3 N–H and O–H groups in total. The van der Waals surface area contributed by atoms with Gasteiger partial charge in [-0.1, -0.05) is 61.4 Å². The molecule has 1 fully saturated rings. The Labute approximate surface area is 239 Å². The van der Waals surface area contributed by atoms with Crippen LogP contribution in [-0.4, -0.2) is 36.2 Å². The second-order valence-electron chi connectivity index (χ2n) is 9.81. The molecule has 40 heavy (non-hydrogen) atoms. The van der Waals surface area contributed by atoms with Gasteiger partial charge in [0.15, 0.2) is 0 Å². The highest BCUT2D eigenvalue weighted by Gasteiger charge is 2.35. The van der Waals surface area contributed by atoms with Gasteiger partial charge in [-0.2, -0.15) is 5.26 Å². The highest BCUT2D eigenvalue weighted by Crippen LogP contribution is 2.41. The van der Waals surface area contributed by atoms with Crippen LogP contribution in [0.3, 0.4) is 0 Å². The lowest BCUT2D eigenvalue weighted by Crippen LogP contribution is -2.37. The number of hydrogen-bond acceptors (Lipinski definition) is 7. The minimum atomic E-state index is -0.616. The fourth-order valence-electron chi connectivity index (χ4n) is 5.06. The summed E-state index contributed by atoms with van der Waals surface area (Å²) in [4.78, 5) is 38.3. The molecule has 9 heteroatoms. The van der Waals surface area contributed by atoms with E-state index in [0.717, 1.165) is 31.2 Å². The Morgan fingerprint density at radius 3 is 2.40 bits per heavy atom. The lowest BCUT2D eigenvalue weighted by molar-refractivity contribution is -0.119. The van der Waals surface area contributed by atoms with Crippen molar-refractivity contribution in [1.82, 2.24) is 10.6 Å². The number of nitriles is 1. The summed E-state index contributed by atoms with van der Waals surface area (Å²) >= 11 is 1.28. The summed E-state index contributed by atoms with van der Waals surface area (Å²) in [7, 11) is 0. The average molecular weight is 559 g/mol. The monoisotopic (exact) mass is 558 g/mol. The molecule has 1 unspecified atom stereocenters. The van der Waals surface area contributed by atoms with E-state index in [9.17, 15) is 19.6 Å². The van der Waals surface area contributed by atoms with E-state index in [0.29, 0.717) is 33.1 Å². The number of amides is 2. The molecule has 2 aromatic carbocycles. The molecule has 1 saturated carbocycles. The molecule has 1 heterocycles. The van der Waals surface area contributed by atoms with Gasteiger partial charge in [0.1, 0.15) is 0 Å². The third-order valence-corrected chi connectivity index (χ3v) is 8.01. The molecule has 0 spiro atoms. The van der Waals surface area contributed by atoms with Crippen LogP contribution in [0.2, 0.25) is 0 Å². The number of carbonyl (C=O) groups excluding carboxylic acids is 3. The quantitative estimate of drug-likeness (QED) is 0.354. The molecule has 2 amide bonds. The van der Waals surface area contributed by atoms with Crippen molar-refractivity contribution in [2.45, 2.75) is 57.9 Å². The largest absolute Gasteiger partial charge is 0.462 e. The molecule has 0 radical (unpaired) electrons. The number of thioether (sulfide) groups is 1. The number of nitrogens with zero attached hydrogens (tertiary/aromatic N) is 1. The summed E-state index contributed by atoms with van der Waals surface area (Å²) in [5.41, 5.74) is 3.09. The van der Waals surface area contributed by atoms with Crippen molar-refractivity contribution in [3.63, 3.8) is 0 Å². The number of rotatable bonds is 9. The lowest BCUT2D eigenvalue weighted by atomic mass is 9.82. The lowest BCUT2D eigenvalue weighted by Gasteiger charge is -2.30. The van der Waals surface area contributed by atoms with E-state index < -0.39 is 11.9 Å². The second-order valence-corrected chi connectivity index (χ2v) is 10.8. The first-order chi connectivity index (χ1) is 19.4. The maximum absolute atomic E-state index is 13.6. The standard InChI is InChI=1S/C31H34N4O4S/c1-3-39-31(38)22-14-16-24(17-15-22)35-29(37)27-20(2)33-30(25(18-32)28(27)21-10-6-4-7-11-21)40-19-26(36)34-23-12-8-5-9-13-23/h4,6-7,10-11,14-17,23,28,33H,3,5,8-9,12-13,19H2,1-2H3,(H,34,36)(H,35,37). The molecular formula is C31H34N4O4S. The molecule has 2 aliphatic rings. The van der Waals surface area contributed by atoms with Gasteiger partial charge in [0, 0.05) is 23.0 Å². The zero-order chi connectivity index (χ0) is 28.5. The highest BCUT2D eigenvalue weighted by molar-refractivity contribution is 8.03. The third kappa shape index (κ3) is 7.13. The normalized spacial score (nSPS) is 17.5. The number of ether oxygens (including phenoxy) is 1. The van der Waals surface area contributed by atoms with E-state index in [-0.39, 0.29) is 30.2 Å². The van der Waals surface area contributed by atoms with E-state index >= 15 is 0 Å². The molecule has 1 atom stereocenters. The third-order valence-electron chi connectivity index (χ3n) is 7.00. The Morgan fingerprint density at radius 2 is 1.75 bits per heavy atom. The first-order valence-corrected chi connectivity index (χ1v) is 14.6. The summed E-state index contributed by atoms with van der Waals surface area (Å²) in [5.74, 6) is -1.30. The number of allylic oxidation sites excluding steroid dienone is 2. The van der Waals surface area contributed by atoms with Gasteiger partial charge in [0.25, 0.3) is 5.91 Å². The molecule has 8 nitrogen and oxygen atoms in total. The maximum Gasteiger partial charge on any atom is 0.338 e. The van der Waals surface area contributed by atoms with E-state index in [4.69, 9.17) is 4.74 Å². The Morgan fingerprint density at radius 1 is 1.05 bits per heavy atom. The SMILES string of the molecule is CCOC(=O)c1ccc(NC(=O)C2=C(C)NC(SCC(=O)NC3CCCCC3)=C(C#N)C2c2ccccc2)cc1. The van der Waals surface area contributed by atoms with Gasteiger partial charge in [0.2, 0.25) is 5.91 Å². The second kappa shape index (κ2) is 13.9. The Kier molecular flexibility index (Phi) is 10.0. The number of nitrogens with one attached hydrogen (secondary N) is 3. The predicted octanol–water partition coefficient (Wildman–Crippen LogP) is 5.38. The van der Waals surface area contributed by atoms with Gasteiger partial charge in [-0.25, -0.2) is 4.79 Å². The van der Waals surface area contributed by atoms with Crippen molar-refractivity contribution in [3.05, 3.63) is 87.6 Å². The molecule has 0 aromatic heterocycles. The molecule has 4 rings (SSSR count). The van der Waals surface area contributed by atoms with Crippen LogP contribution in [0.5, 0.6) is 0 Å². The van der Waals surface area contributed by atoms with Gasteiger partial charge >= 0.3 is 5.97 Å². The predicted molar refractivity (Wildman–Crippen MR) is 156 cm³/mol. The van der Waals surface area contributed by atoms with E-state index in [1.165, 1.54) is 18.2 Å². The number of carbonyl (C=O) groups is 3. The molecule has 0 bridgehead atoms. The topological polar surface area (TPSA) is 120 Å². The minimum Gasteiger partial charge on any atom is -0.462 e. The number of anilines is 1. The molecule has 1 aliphatic heterocycles. The van der Waals surface area contributed by atoms with E-state index in [1.54, 1.807) is 38.1 Å². The van der Waals surface area contributed by atoms with Gasteiger partial charge in [-0.05, 0) is 56.5 Å². The van der Waals surface area contributed by atoms with Crippen LogP contribution in [0.1, 0.15) is 67.8 Å². The van der Waals surface area contributed by atoms with Crippen LogP contribution in [0.15, 0.2) is 76.5 Å². The number of hydrogen-bond donors (Lipinski definition) is 3. The molecule has 208 valence electrons. The number of dihydropyridines is 1. The summed E-state index contributed by atoms with van der Waals surface area (Å²) in [6, 6.07) is 18.4. The van der Waals surface area contributed by atoms with Crippen molar-refractivity contribution >= 4 is 35.2 Å². The fourth-order valence-corrected chi connectivity index (χ4v) is 5.97. The average Bonchev–Trinajstić information content (AvgIpc) is 2.97. The van der Waals surface area contributed by atoms with Crippen LogP contribution in [0.4, 0.5) is 5.69 Å². The summed E-state index contributed by atoms with van der Waals surface area (Å²) < 4.78 is 5.02. The summed E-state index contributed by atoms with van der Waals surface area (Å²) in [6.07, 6.45) is 5.48. The summed E-state index contributed by atoms with van der Waals surface area (Å²) in [6.45, 7) is 3.81. The fraction of sp³-hybridized carbons (Fsp3) is 0.355. The van der Waals surface area contributed by atoms with Gasteiger partial charge in [0.05, 0.1) is 40.5 Å². The zero-order valence-corrected chi connectivity index (χ0v) is 23.6. The minimum absolute atomic E-state index is 0.0591. The first-order valence-electron chi connectivity index (χ1n) is 13.6. The van der Waals surface area contributed by atoms with Gasteiger partial charge in [-0.3, -0.25) is 9.59 Å². The van der Waals surface area contributed by atoms with Crippen molar-refractivity contribution in [3.8, 4) is 6.07 Å². The number of benzene rings is 2. The highest BCUT2D eigenvalue weighted by atomic mass is 32.2. The van der Waals surface area contributed by atoms with Crippen LogP contribution >= 0.6 is 11.8 Å². The van der Waals surface area contributed by atoms with Crippen LogP contribution in [0.25, 0.3) is 0 Å². The van der Waals surface area contributed by atoms with Crippen LogP contribution < -0.4 is 16.0 Å². The molecular weight excluding hydrogens is 524 g/mol. The maximum atomic E-state index is 13.6. The number of esters is 1. The van der Waals surface area contributed by atoms with E-state index in [1.807, 2.05) is 30.3 Å². The zero-order valence-electron chi connectivity index (χ0n) is 22.8. The Balaban J connectivity index is 1.55. The Bertz CT molecular complexity index is 1340. The molecule has 1 aliphatic carbocycles. The van der Waals surface area contributed by atoms with Crippen molar-refractivity contribution < 1.29 is 19.1 Å². The van der Waals surface area contributed by atoms with Crippen LogP contribution in [0, 0.1) is 11.3 Å². The van der Waals surface area contributed by atoms with Crippen molar-refractivity contribution in [2.75, 3.05) is 17.7 Å². The van der Waals surface area contributed by atoms with Crippen molar-refractivity contribution in [2.24, 2.45) is 0 Å². The molecule has 2 aromatic rings. The van der Waals surface area contributed by atoms with Gasteiger partial charge in [-0.15, -0.1) is 0 Å². The molecule has 0 saturated heterocycles. The first kappa shape index (κ1) is 29.0. The van der Waals surface area contributed by atoms with Crippen molar-refractivity contribution in [1.29, 1.82) is 5.26 Å². The van der Waals surface area contributed by atoms with Crippen LogP contribution in [-0.2, 0) is 14.3 Å². The smallest absolute Gasteiger partial charge is 0.338 e. The Hall–Kier alpha value is -4.03. The van der Waals surface area contributed by atoms with E-state index in [2.05, 4.69) is 22.0 Å². The van der Waals surface area contributed by atoms with Gasteiger partial charge < -0.3 is 20.7 Å². The summed E-state index contributed by atoms with van der Waals surface area (Å²) in [5, 5.41) is 20.1.